The van der Waals surface area contributed by atoms with Crippen LogP contribution in [0.2, 0.25) is 5.04 Å². The molecule has 6 aromatic rings. The zero-order valence-electron chi connectivity index (χ0n) is 37.1. The number of benzene rings is 6. The van der Waals surface area contributed by atoms with Crippen molar-refractivity contribution in [3.8, 4) is 0 Å². The lowest BCUT2D eigenvalue weighted by Gasteiger charge is -2.44. The molecule has 0 heterocycles. The van der Waals surface area contributed by atoms with Gasteiger partial charge in [0.1, 0.15) is 24.4 Å². The summed E-state index contributed by atoms with van der Waals surface area (Å²) in [5, 5.41) is 18.4. The minimum absolute atomic E-state index is 0.0224. The predicted octanol–water partition coefficient (Wildman–Crippen LogP) is 8.79. The van der Waals surface area contributed by atoms with Crippen LogP contribution in [0.25, 0.3) is 0 Å². The summed E-state index contributed by atoms with van der Waals surface area (Å²) in [4.78, 5) is 13.6. The number of ether oxygens (including phenoxy) is 4. The molecule has 330 valence electrons. The third-order valence-corrected chi connectivity index (χ3v) is 16.3. The second kappa shape index (κ2) is 24.0. The quantitative estimate of drug-likeness (QED) is 0.0461. The van der Waals surface area contributed by atoms with Crippen molar-refractivity contribution >= 4 is 24.7 Å². The smallest absolute Gasteiger partial charge is 0.307 e. The summed E-state index contributed by atoms with van der Waals surface area (Å²) in [7, 11) is -3.10. The van der Waals surface area contributed by atoms with Crippen molar-refractivity contribution in [3.63, 3.8) is 0 Å². The van der Waals surface area contributed by atoms with Gasteiger partial charge in [0.2, 0.25) is 0 Å². The van der Waals surface area contributed by atoms with Gasteiger partial charge in [-0.05, 0) is 44.6 Å². The first-order valence-electron chi connectivity index (χ1n) is 22.0. The molecule has 0 aromatic heterocycles. The maximum absolute atomic E-state index is 13.6. The fraction of sp³-hybridized carbons (Fsp3) is 0.315. The minimum atomic E-state index is -3.10. The van der Waals surface area contributed by atoms with E-state index in [9.17, 15) is 9.90 Å². The molecule has 0 spiro atoms. The zero-order chi connectivity index (χ0) is 44.3. The van der Waals surface area contributed by atoms with Crippen molar-refractivity contribution in [1.82, 2.24) is 5.32 Å². The molecule has 0 amide bonds. The summed E-state index contributed by atoms with van der Waals surface area (Å²) in [6, 6.07) is 59.9. The summed E-state index contributed by atoms with van der Waals surface area (Å²) >= 11 is 0. The van der Waals surface area contributed by atoms with E-state index in [2.05, 4.69) is 50.4 Å². The fourth-order valence-electron chi connectivity index (χ4n) is 8.16. The van der Waals surface area contributed by atoms with E-state index in [1.807, 2.05) is 158 Å². The highest BCUT2D eigenvalue weighted by atomic mass is 28.4. The van der Waals surface area contributed by atoms with E-state index in [-0.39, 0.29) is 50.5 Å². The first-order valence-corrected chi connectivity index (χ1v) is 23.9. The molecule has 0 saturated heterocycles. The second-order valence-corrected chi connectivity index (χ2v) is 21.1. The maximum atomic E-state index is 13.6. The van der Waals surface area contributed by atoms with E-state index in [0.717, 1.165) is 32.6 Å². The van der Waals surface area contributed by atoms with Crippen LogP contribution in [-0.2, 0) is 54.5 Å². The van der Waals surface area contributed by atoms with E-state index in [1.165, 1.54) is 0 Å². The van der Waals surface area contributed by atoms with Gasteiger partial charge in [0.25, 0.3) is 8.32 Å². The van der Waals surface area contributed by atoms with E-state index in [1.54, 1.807) is 6.92 Å². The number of aliphatic hydroxyl groups is 1. The van der Waals surface area contributed by atoms with Crippen LogP contribution < -0.4 is 15.7 Å². The first kappa shape index (κ1) is 47.3. The van der Waals surface area contributed by atoms with Gasteiger partial charge in [-0.1, -0.05) is 203 Å². The van der Waals surface area contributed by atoms with Gasteiger partial charge in [-0.15, -0.1) is 0 Å². The average Bonchev–Trinajstić information content (AvgIpc) is 3.31. The SMILES string of the molecule is CCOC(=O)C[C@H](NCc1ccccc1)[C@H](OCc1ccccc1)[C@@H](OCc1ccccc1)[C@H](OCc1ccccc1)[C@H](O)CO[Si](c1ccccc1)(c1ccccc1)C(C)(C)C. The number of carbonyl (C=O) groups is 1. The Bertz CT molecular complexity index is 2140. The third-order valence-electron chi connectivity index (χ3n) is 11.3. The maximum Gasteiger partial charge on any atom is 0.307 e. The number of hydrogen-bond acceptors (Lipinski definition) is 8. The minimum Gasteiger partial charge on any atom is -0.466 e. The number of hydrogen-bond donors (Lipinski definition) is 2. The largest absolute Gasteiger partial charge is 0.466 e. The average molecular weight is 866 g/mol. The lowest BCUT2D eigenvalue weighted by Crippen LogP contribution is -2.67. The molecule has 5 atom stereocenters. The molecule has 2 N–H and O–H groups in total. The molecule has 0 radical (unpaired) electrons. The Balaban J connectivity index is 1.46. The van der Waals surface area contributed by atoms with Crippen molar-refractivity contribution in [2.75, 3.05) is 13.2 Å². The molecule has 6 rings (SSSR count). The fourth-order valence-corrected chi connectivity index (χ4v) is 12.7. The number of nitrogens with one attached hydrogen (secondary N) is 1. The molecule has 0 aliphatic carbocycles. The summed E-state index contributed by atoms with van der Waals surface area (Å²) in [5.74, 6) is -0.379. The van der Waals surface area contributed by atoms with Gasteiger partial charge < -0.3 is 33.8 Å². The predicted molar refractivity (Wildman–Crippen MR) is 253 cm³/mol. The Morgan fingerprint density at radius 1 is 0.556 bits per heavy atom. The Labute approximate surface area is 375 Å². The van der Waals surface area contributed by atoms with Crippen molar-refractivity contribution in [1.29, 1.82) is 0 Å². The van der Waals surface area contributed by atoms with Crippen LogP contribution in [0.5, 0.6) is 0 Å². The molecule has 63 heavy (non-hydrogen) atoms. The van der Waals surface area contributed by atoms with Gasteiger partial charge in [0.15, 0.2) is 0 Å². The number of aliphatic hydroxyl groups excluding tert-OH is 1. The Hall–Kier alpha value is -5.23. The van der Waals surface area contributed by atoms with Gasteiger partial charge in [-0.3, -0.25) is 4.79 Å². The van der Waals surface area contributed by atoms with Crippen LogP contribution in [0.3, 0.4) is 0 Å². The van der Waals surface area contributed by atoms with Gasteiger partial charge in [0.05, 0.1) is 39.5 Å². The van der Waals surface area contributed by atoms with Crippen LogP contribution in [0.1, 0.15) is 56.4 Å². The number of rotatable bonds is 24. The summed E-state index contributed by atoms with van der Waals surface area (Å²) < 4.78 is 33.9. The summed E-state index contributed by atoms with van der Waals surface area (Å²) in [6.07, 6.45) is -4.01. The van der Waals surface area contributed by atoms with E-state index < -0.39 is 38.8 Å². The van der Waals surface area contributed by atoms with Crippen LogP contribution in [0.15, 0.2) is 182 Å². The van der Waals surface area contributed by atoms with Crippen LogP contribution in [0, 0.1) is 0 Å². The monoisotopic (exact) mass is 865 g/mol. The highest BCUT2D eigenvalue weighted by Gasteiger charge is 2.51. The van der Waals surface area contributed by atoms with Crippen molar-refractivity contribution in [3.05, 3.63) is 204 Å². The van der Waals surface area contributed by atoms with E-state index >= 15 is 0 Å². The Kier molecular flexibility index (Phi) is 18.0. The number of esters is 1. The molecular formula is C54H63NO7Si. The molecule has 0 unspecified atom stereocenters. The van der Waals surface area contributed by atoms with Crippen LogP contribution in [0.4, 0.5) is 0 Å². The van der Waals surface area contributed by atoms with E-state index in [4.69, 9.17) is 23.4 Å². The molecule has 0 aliphatic rings. The number of carbonyl (C=O) groups excluding carboxylic acids is 1. The van der Waals surface area contributed by atoms with Crippen LogP contribution >= 0.6 is 0 Å². The molecular weight excluding hydrogens is 803 g/mol. The molecule has 6 aromatic carbocycles. The van der Waals surface area contributed by atoms with Crippen LogP contribution in [-0.4, -0.2) is 63.1 Å². The third kappa shape index (κ3) is 13.4. The van der Waals surface area contributed by atoms with Gasteiger partial charge in [-0.2, -0.15) is 0 Å². The van der Waals surface area contributed by atoms with Crippen molar-refractivity contribution in [2.24, 2.45) is 0 Å². The summed E-state index contributed by atoms with van der Waals surface area (Å²) in [5.41, 5.74) is 3.84. The van der Waals surface area contributed by atoms with Crippen molar-refractivity contribution < 1.29 is 33.3 Å². The van der Waals surface area contributed by atoms with E-state index in [0.29, 0.717) is 6.54 Å². The Morgan fingerprint density at radius 2 is 0.937 bits per heavy atom. The normalized spacial score (nSPS) is 14.3. The standard InChI is InChI=1S/C54H63NO7Si/c1-5-58-50(57)36-48(55-37-42-24-12-6-13-25-42)51(59-38-43-26-14-7-15-27-43)53(61-40-45-30-18-9-19-31-45)52(60-39-44-28-16-8-17-29-44)49(56)41-62-63(54(2,3)4,46-32-20-10-21-33-46)47-34-22-11-23-35-47/h6-35,48-49,51-53,55-56H,5,36-41H2,1-4H3/t48-,49+,51-,52+,53+/m0/s1. The van der Waals surface area contributed by atoms with Crippen molar-refractivity contribution in [2.45, 2.75) is 96.0 Å². The molecule has 0 saturated carbocycles. The van der Waals surface area contributed by atoms with Gasteiger partial charge in [-0.25, -0.2) is 0 Å². The summed E-state index contributed by atoms with van der Waals surface area (Å²) in [6.45, 7) is 9.63. The molecule has 0 aliphatic heterocycles. The highest BCUT2D eigenvalue weighted by Crippen LogP contribution is 2.37. The molecule has 9 heteroatoms. The molecule has 8 nitrogen and oxygen atoms in total. The topological polar surface area (TPSA) is 95.5 Å². The zero-order valence-corrected chi connectivity index (χ0v) is 38.1. The lowest BCUT2D eigenvalue weighted by molar-refractivity contribution is -0.191. The molecule has 0 bridgehead atoms. The lowest BCUT2D eigenvalue weighted by atomic mass is 9.94. The highest BCUT2D eigenvalue weighted by molar-refractivity contribution is 6.99. The first-order chi connectivity index (χ1) is 30.7. The Morgan fingerprint density at radius 3 is 1.35 bits per heavy atom. The van der Waals surface area contributed by atoms with Gasteiger partial charge >= 0.3 is 5.97 Å². The molecule has 0 fully saturated rings. The second-order valence-electron chi connectivity index (χ2n) is 16.8. The van der Waals surface area contributed by atoms with Gasteiger partial charge in [0, 0.05) is 12.6 Å².